The van der Waals surface area contributed by atoms with Crippen molar-refractivity contribution in [2.24, 2.45) is 0 Å². The van der Waals surface area contributed by atoms with Gasteiger partial charge in [0.2, 0.25) is 0 Å². The van der Waals surface area contributed by atoms with Gasteiger partial charge in [-0.1, -0.05) is 6.58 Å². The van der Waals surface area contributed by atoms with Crippen LogP contribution in [0.25, 0.3) is 0 Å². The normalized spacial score (nSPS) is 9.40. The van der Waals surface area contributed by atoms with E-state index in [0.29, 0.717) is 5.57 Å². The number of carbonyl (C=O) groups is 1. The van der Waals surface area contributed by atoms with E-state index in [1.165, 1.54) is 13.4 Å². The Labute approximate surface area is 59.9 Å². The predicted octanol–water partition coefficient (Wildman–Crippen LogP) is 1.22. The highest BCUT2D eigenvalue weighted by Crippen LogP contribution is 1.91. The number of ether oxygens (including phenoxy) is 2. The Bertz CT molecular complexity index is 158. The summed E-state index contributed by atoms with van der Waals surface area (Å²) in [6, 6.07) is 0. The smallest absolute Gasteiger partial charge is 0.338 e. The van der Waals surface area contributed by atoms with Crippen LogP contribution in [0, 0.1) is 0 Å². The Morgan fingerprint density at radius 2 is 2.10 bits per heavy atom. The molecule has 0 atom stereocenters. The van der Waals surface area contributed by atoms with Gasteiger partial charge in [-0.2, -0.15) is 0 Å². The highest BCUT2D eigenvalue weighted by molar-refractivity contribution is 5.87. The minimum atomic E-state index is -0.451. The third-order valence-corrected chi connectivity index (χ3v) is 0.715. The zero-order valence-corrected chi connectivity index (χ0v) is 6.09. The molecule has 0 rings (SSSR count). The third kappa shape index (κ3) is 3.72. The van der Waals surface area contributed by atoms with Crippen LogP contribution in [-0.2, 0) is 14.3 Å². The molecule has 3 heteroatoms. The Balaban J connectivity index is 3.60. The van der Waals surface area contributed by atoms with Gasteiger partial charge in [-0.05, 0) is 6.92 Å². The summed E-state index contributed by atoms with van der Waals surface area (Å²) in [4.78, 5) is 10.6. The second-order valence-electron chi connectivity index (χ2n) is 1.69. The monoisotopic (exact) mass is 142 g/mol. The molecule has 10 heavy (non-hydrogen) atoms. The van der Waals surface area contributed by atoms with Crippen LogP contribution in [0.5, 0.6) is 0 Å². The second kappa shape index (κ2) is 4.61. The average Bonchev–Trinajstić information content (AvgIpc) is 1.88. The predicted molar refractivity (Wildman–Crippen MR) is 37.1 cm³/mol. The van der Waals surface area contributed by atoms with Crippen molar-refractivity contribution >= 4 is 5.97 Å². The molecule has 0 aromatic carbocycles. The first-order chi connectivity index (χ1) is 4.68. The van der Waals surface area contributed by atoms with E-state index in [1.54, 1.807) is 6.92 Å². The van der Waals surface area contributed by atoms with Gasteiger partial charge in [0, 0.05) is 5.57 Å². The average molecular weight is 142 g/mol. The molecular weight excluding hydrogens is 132 g/mol. The molecule has 0 radical (unpaired) electrons. The lowest BCUT2D eigenvalue weighted by Crippen LogP contribution is -1.98. The highest BCUT2D eigenvalue weighted by atomic mass is 16.5. The van der Waals surface area contributed by atoms with E-state index in [-0.39, 0.29) is 0 Å². The van der Waals surface area contributed by atoms with Gasteiger partial charge in [-0.25, -0.2) is 4.79 Å². The molecule has 0 aliphatic rings. The number of carbonyl (C=O) groups excluding carboxylic acids is 1. The van der Waals surface area contributed by atoms with Gasteiger partial charge in [0.25, 0.3) is 0 Å². The molecule has 0 aliphatic heterocycles. The summed E-state index contributed by atoms with van der Waals surface area (Å²) in [7, 11) is 1.46. The molecule has 0 unspecified atom stereocenters. The van der Waals surface area contributed by atoms with Crippen LogP contribution in [0.2, 0.25) is 0 Å². The molecule has 56 valence electrons. The van der Waals surface area contributed by atoms with Crippen molar-refractivity contribution in [3.63, 3.8) is 0 Å². The fourth-order valence-electron chi connectivity index (χ4n) is 0.246. The summed E-state index contributed by atoms with van der Waals surface area (Å²) >= 11 is 0. The van der Waals surface area contributed by atoms with Crippen LogP contribution in [0.3, 0.4) is 0 Å². The van der Waals surface area contributed by atoms with Gasteiger partial charge in [-0.15, -0.1) is 0 Å². The van der Waals surface area contributed by atoms with Gasteiger partial charge >= 0.3 is 5.97 Å². The Morgan fingerprint density at radius 3 is 2.50 bits per heavy atom. The number of rotatable bonds is 3. The standard InChI is InChI=1S/C7H10O3/c1-6(2)7(8)10-5-4-9-3/h4-5H,1H2,2-3H3/b5-4+. The summed E-state index contributed by atoms with van der Waals surface area (Å²) in [5.41, 5.74) is 0.362. The SMILES string of the molecule is C=C(C)C(=O)O/C=C/OC. The van der Waals surface area contributed by atoms with Crippen molar-refractivity contribution < 1.29 is 14.3 Å². The first kappa shape index (κ1) is 8.75. The van der Waals surface area contributed by atoms with Crippen LogP contribution >= 0.6 is 0 Å². The second-order valence-corrected chi connectivity index (χ2v) is 1.69. The van der Waals surface area contributed by atoms with Crippen LogP contribution in [0.1, 0.15) is 6.92 Å². The third-order valence-electron chi connectivity index (χ3n) is 0.715. The zero-order valence-electron chi connectivity index (χ0n) is 6.09. The van der Waals surface area contributed by atoms with Crippen molar-refractivity contribution in [1.29, 1.82) is 0 Å². The van der Waals surface area contributed by atoms with Gasteiger partial charge in [0.05, 0.1) is 7.11 Å². The van der Waals surface area contributed by atoms with Crippen molar-refractivity contribution in [2.45, 2.75) is 6.92 Å². The van der Waals surface area contributed by atoms with E-state index in [4.69, 9.17) is 0 Å². The molecule has 0 aliphatic carbocycles. The lowest BCUT2D eigenvalue weighted by molar-refractivity contribution is -0.133. The molecule has 0 spiro atoms. The molecule has 0 aromatic rings. The quantitative estimate of drug-likeness (QED) is 0.337. The molecule has 0 saturated heterocycles. The van der Waals surface area contributed by atoms with Crippen molar-refractivity contribution in [2.75, 3.05) is 7.11 Å². The molecule has 0 aromatic heterocycles. The van der Waals surface area contributed by atoms with Crippen LogP contribution in [0.15, 0.2) is 24.7 Å². The van der Waals surface area contributed by atoms with E-state index in [9.17, 15) is 4.79 Å². The number of hydrogen-bond acceptors (Lipinski definition) is 3. The van der Waals surface area contributed by atoms with Gasteiger partial charge in [0.15, 0.2) is 0 Å². The minimum Gasteiger partial charge on any atom is -0.501 e. The summed E-state index contributed by atoms with van der Waals surface area (Å²) in [6.07, 6.45) is 2.43. The summed E-state index contributed by atoms with van der Waals surface area (Å²) < 4.78 is 8.98. The van der Waals surface area contributed by atoms with Crippen LogP contribution in [-0.4, -0.2) is 13.1 Å². The van der Waals surface area contributed by atoms with E-state index in [2.05, 4.69) is 16.1 Å². The fraction of sp³-hybridized carbons (Fsp3) is 0.286. The minimum absolute atomic E-state index is 0.362. The molecule has 0 saturated carbocycles. The van der Waals surface area contributed by atoms with Crippen molar-refractivity contribution in [3.8, 4) is 0 Å². The van der Waals surface area contributed by atoms with Gasteiger partial charge < -0.3 is 9.47 Å². The summed E-state index contributed by atoms with van der Waals surface area (Å²) in [5.74, 6) is -0.451. The van der Waals surface area contributed by atoms with E-state index < -0.39 is 5.97 Å². The lowest BCUT2D eigenvalue weighted by Gasteiger charge is -1.94. The van der Waals surface area contributed by atoms with E-state index >= 15 is 0 Å². The fourth-order valence-corrected chi connectivity index (χ4v) is 0.246. The van der Waals surface area contributed by atoms with E-state index in [1.807, 2.05) is 0 Å². The van der Waals surface area contributed by atoms with Crippen LogP contribution in [0.4, 0.5) is 0 Å². The highest BCUT2D eigenvalue weighted by Gasteiger charge is 1.98. The lowest BCUT2D eigenvalue weighted by atomic mass is 10.4. The maximum Gasteiger partial charge on any atom is 0.338 e. The number of methoxy groups -OCH3 is 1. The van der Waals surface area contributed by atoms with Crippen molar-refractivity contribution in [3.05, 3.63) is 24.7 Å². The molecule has 0 N–H and O–H groups in total. The molecule has 0 fully saturated rings. The Hall–Kier alpha value is -1.25. The molecule has 0 heterocycles. The van der Waals surface area contributed by atoms with Crippen molar-refractivity contribution in [1.82, 2.24) is 0 Å². The first-order valence-electron chi connectivity index (χ1n) is 2.72. The Morgan fingerprint density at radius 1 is 1.50 bits per heavy atom. The Kier molecular flexibility index (Phi) is 4.04. The molecule has 3 nitrogen and oxygen atoms in total. The summed E-state index contributed by atoms with van der Waals surface area (Å²) in [6.45, 7) is 4.96. The largest absolute Gasteiger partial charge is 0.501 e. The zero-order chi connectivity index (χ0) is 7.98. The first-order valence-corrected chi connectivity index (χ1v) is 2.72. The summed E-state index contributed by atoms with van der Waals surface area (Å²) in [5, 5.41) is 0. The maximum atomic E-state index is 10.6. The number of hydrogen-bond donors (Lipinski definition) is 0. The maximum absolute atomic E-state index is 10.6. The number of esters is 1. The molecule has 0 amide bonds. The van der Waals surface area contributed by atoms with Gasteiger partial charge in [-0.3, -0.25) is 0 Å². The molecule has 0 bridgehead atoms. The van der Waals surface area contributed by atoms with Crippen LogP contribution < -0.4 is 0 Å². The topological polar surface area (TPSA) is 35.5 Å². The van der Waals surface area contributed by atoms with E-state index in [0.717, 1.165) is 6.26 Å². The molecular formula is C7H10O3. The van der Waals surface area contributed by atoms with Gasteiger partial charge in [0.1, 0.15) is 12.5 Å².